The minimum Gasteiger partial charge on any atom is -0.467 e. The molecule has 2 aromatic rings. The van der Waals surface area contributed by atoms with Crippen molar-refractivity contribution >= 4 is 35.6 Å². The van der Waals surface area contributed by atoms with Gasteiger partial charge in [-0.2, -0.15) is 0 Å². The fraction of sp³-hybridized carbons (Fsp3) is 0.421. The first kappa shape index (κ1) is 22.2. The van der Waals surface area contributed by atoms with Crippen LogP contribution in [-0.4, -0.2) is 42.6 Å². The molecule has 0 radical (unpaired) electrons. The van der Waals surface area contributed by atoms with Crippen LogP contribution >= 0.6 is 24.0 Å². The van der Waals surface area contributed by atoms with Crippen LogP contribution in [0.15, 0.2) is 52.1 Å². The molecule has 0 bridgehead atoms. The largest absolute Gasteiger partial charge is 0.467 e. The number of hydrogen-bond acceptors (Lipinski definition) is 5. The lowest BCUT2D eigenvalue weighted by atomic mass is 10.1. The maximum atomic E-state index is 10.8. The number of halogens is 1. The fourth-order valence-electron chi connectivity index (χ4n) is 2.89. The molecule has 0 aliphatic carbocycles. The van der Waals surface area contributed by atoms with E-state index in [1.165, 1.54) is 12.1 Å². The highest BCUT2D eigenvalue weighted by Gasteiger charge is 2.17. The van der Waals surface area contributed by atoms with Crippen LogP contribution in [0.2, 0.25) is 0 Å². The number of guanidine groups is 1. The molecule has 1 atom stereocenters. The minimum absolute atomic E-state index is 0. The highest BCUT2D eigenvalue weighted by Crippen LogP contribution is 2.14. The summed E-state index contributed by atoms with van der Waals surface area (Å²) in [5.41, 5.74) is 0.993. The van der Waals surface area contributed by atoms with Crippen LogP contribution < -0.4 is 5.32 Å². The smallest absolute Gasteiger partial charge is 0.269 e. The molecular weight excluding hydrogens is 475 g/mol. The Labute approximate surface area is 181 Å². The second kappa shape index (κ2) is 11.0. The van der Waals surface area contributed by atoms with Gasteiger partial charge in [-0.3, -0.25) is 10.1 Å². The summed E-state index contributed by atoms with van der Waals surface area (Å²) in [6.07, 6.45) is 2.70. The predicted molar refractivity (Wildman–Crippen MR) is 117 cm³/mol. The van der Waals surface area contributed by atoms with Gasteiger partial charge in [0, 0.05) is 38.2 Å². The van der Waals surface area contributed by atoms with E-state index in [1.54, 1.807) is 18.4 Å². The zero-order valence-corrected chi connectivity index (χ0v) is 18.1. The molecular formula is C19H25IN4O4. The van der Waals surface area contributed by atoms with E-state index in [2.05, 4.69) is 10.3 Å². The normalized spacial score (nSPS) is 16.5. The van der Waals surface area contributed by atoms with Gasteiger partial charge in [-0.1, -0.05) is 12.1 Å². The van der Waals surface area contributed by atoms with Crippen molar-refractivity contribution in [2.75, 3.05) is 26.8 Å². The number of nitro benzene ring substituents is 1. The van der Waals surface area contributed by atoms with E-state index >= 15 is 0 Å². The van der Waals surface area contributed by atoms with E-state index in [0.29, 0.717) is 19.0 Å². The van der Waals surface area contributed by atoms with Crippen LogP contribution in [-0.2, 0) is 17.8 Å². The van der Waals surface area contributed by atoms with Gasteiger partial charge in [0.15, 0.2) is 5.96 Å². The Morgan fingerprint density at radius 1 is 1.36 bits per heavy atom. The predicted octanol–water partition coefficient (Wildman–Crippen LogP) is 3.42. The molecule has 1 saturated heterocycles. The molecule has 1 unspecified atom stereocenters. The second-order valence-electron chi connectivity index (χ2n) is 6.61. The van der Waals surface area contributed by atoms with Crippen molar-refractivity contribution in [3.8, 4) is 0 Å². The number of ether oxygens (including phenoxy) is 1. The summed E-state index contributed by atoms with van der Waals surface area (Å²) in [5, 5.41) is 14.2. The average molecular weight is 500 g/mol. The van der Waals surface area contributed by atoms with Crippen LogP contribution in [0.1, 0.15) is 17.7 Å². The van der Waals surface area contributed by atoms with E-state index < -0.39 is 4.92 Å². The molecule has 28 heavy (non-hydrogen) atoms. The molecule has 1 aromatic carbocycles. The second-order valence-corrected chi connectivity index (χ2v) is 6.61. The summed E-state index contributed by atoms with van der Waals surface area (Å²) < 4.78 is 10.9. The van der Waals surface area contributed by atoms with Crippen LogP contribution in [0.3, 0.4) is 0 Å². The van der Waals surface area contributed by atoms with E-state index in [1.807, 2.05) is 24.1 Å². The number of aliphatic imine (C=N–C) groups is 1. The van der Waals surface area contributed by atoms with E-state index in [0.717, 1.165) is 43.5 Å². The molecule has 1 aromatic heterocycles. The average Bonchev–Trinajstić information content (AvgIpc) is 3.36. The summed E-state index contributed by atoms with van der Waals surface area (Å²) in [6, 6.07) is 10.3. The van der Waals surface area contributed by atoms with E-state index in [4.69, 9.17) is 9.15 Å². The number of benzene rings is 1. The molecule has 0 spiro atoms. The quantitative estimate of drug-likeness (QED) is 0.206. The molecule has 152 valence electrons. The maximum absolute atomic E-state index is 10.8. The Bertz CT molecular complexity index is 759. The SMILES string of the molecule is CN(Cc1ccco1)C(=NCc1ccc([N+](=O)[O-])cc1)NCC1CCOC1.I. The van der Waals surface area contributed by atoms with Gasteiger partial charge in [-0.25, -0.2) is 4.99 Å². The van der Waals surface area contributed by atoms with E-state index in [-0.39, 0.29) is 29.7 Å². The van der Waals surface area contributed by atoms with Crippen molar-refractivity contribution in [2.24, 2.45) is 10.9 Å². The fourth-order valence-corrected chi connectivity index (χ4v) is 2.89. The molecule has 0 amide bonds. The number of non-ortho nitro benzene ring substituents is 1. The van der Waals surface area contributed by atoms with Gasteiger partial charge in [0.05, 0.1) is 30.9 Å². The van der Waals surface area contributed by atoms with Gasteiger partial charge < -0.3 is 19.4 Å². The lowest BCUT2D eigenvalue weighted by molar-refractivity contribution is -0.384. The molecule has 1 aliphatic rings. The van der Waals surface area contributed by atoms with Gasteiger partial charge in [0.25, 0.3) is 5.69 Å². The Morgan fingerprint density at radius 2 is 2.14 bits per heavy atom. The summed E-state index contributed by atoms with van der Waals surface area (Å²) in [4.78, 5) is 17.1. The molecule has 1 N–H and O–H groups in total. The van der Waals surface area contributed by atoms with Crippen LogP contribution in [0.5, 0.6) is 0 Å². The molecule has 8 nitrogen and oxygen atoms in total. The van der Waals surface area contributed by atoms with Crippen molar-refractivity contribution in [3.05, 3.63) is 64.1 Å². The van der Waals surface area contributed by atoms with Gasteiger partial charge in [-0.05, 0) is 24.1 Å². The summed E-state index contributed by atoms with van der Waals surface area (Å²) >= 11 is 0. The van der Waals surface area contributed by atoms with Crippen molar-refractivity contribution in [3.63, 3.8) is 0 Å². The number of nitrogens with zero attached hydrogens (tertiary/aromatic N) is 3. The van der Waals surface area contributed by atoms with E-state index in [9.17, 15) is 10.1 Å². The monoisotopic (exact) mass is 500 g/mol. The van der Waals surface area contributed by atoms with Crippen molar-refractivity contribution in [1.29, 1.82) is 0 Å². The van der Waals surface area contributed by atoms with Crippen molar-refractivity contribution < 1.29 is 14.1 Å². The molecule has 1 fully saturated rings. The number of nitro groups is 1. The molecule has 3 rings (SSSR count). The maximum Gasteiger partial charge on any atom is 0.269 e. The molecule has 0 saturated carbocycles. The van der Waals surface area contributed by atoms with Crippen molar-refractivity contribution in [2.45, 2.75) is 19.5 Å². The number of rotatable bonds is 7. The van der Waals surface area contributed by atoms with Gasteiger partial charge in [-0.15, -0.1) is 24.0 Å². The van der Waals surface area contributed by atoms with Crippen molar-refractivity contribution in [1.82, 2.24) is 10.2 Å². The third-order valence-corrected chi connectivity index (χ3v) is 4.47. The van der Waals surface area contributed by atoms with Gasteiger partial charge in [0.2, 0.25) is 0 Å². The first-order valence-electron chi connectivity index (χ1n) is 8.94. The summed E-state index contributed by atoms with van der Waals surface area (Å²) in [5.74, 6) is 2.09. The number of hydrogen-bond donors (Lipinski definition) is 1. The lowest BCUT2D eigenvalue weighted by Gasteiger charge is -2.23. The lowest BCUT2D eigenvalue weighted by Crippen LogP contribution is -2.41. The molecule has 9 heteroatoms. The van der Waals surface area contributed by atoms with Crippen LogP contribution in [0.4, 0.5) is 5.69 Å². The highest BCUT2D eigenvalue weighted by atomic mass is 127. The topological polar surface area (TPSA) is 93.1 Å². The third-order valence-electron chi connectivity index (χ3n) is 4.47. The van der Waals surface area contributed by atoms with Crippen LogP contribution in [0.25, 0.3) is 0 Å². The molecule has 1 aliphatic heterocycles. The summed E-state index contributed by atoms with van der Waals surface area (Å²) in [7, 11) is 1.95. The van der Waals surface area contributed by atoms with Crippen LogP contribution in [0, 0.1) is 16.0 Å². The highest BCUT2D eigenvalue weighted by molar-refractivity contribution is 14.0. The Hall–Kier alpha value is -2.14. The minimum atomic E-state index is -0.402. The Morgan fingerprint density at radius 3 is 2.75 bits per heavy atom. The Balaban J connectivity index is 0.00000280. The third kappa shape index (κ3) is 6.48. The number of furan rings is 1. The standard InChI is InChI=1S/C19H24N4O4.HI/c1-22(13-18-3-2-9-27-18)19(21-12-16-8-10-26-14-16)20-11-15-4-6-17(7-5-15)23(24)25;/h2-7,9,16H,8,10-14H2,1H3,(H,20,21);1H. The Kier molecular flexibility index (Phi) is 8.71. The first-order chi connectivity index (χ1) is 13.1. The van der Waals surface area contributed by atoms with Gasteiger partial charge in [0.1, 0.15) is 5.76 Å². The van der Waals surface area contributed by atoms with Gasteiger partial charge >= 0.3 is 0 Å². The zero-order valence-electron chi connectivity index (χ0n) is 15.7. The molecule has 2 heterocycles. The zero-order chi connectivity index (χ0) is 19.1. The first-order valence-corrected chi connectivity index (χ1v) is 8.94. The summed E-state index contributed by atoms with van der Waals surface area (Å²) in [6.45, 7) is 3.40. The number of nitrogens with one attached hydrogen (secondary N) is 1.